The van der Waals surface area contributed by atoms with Gasteiger partial charge in [-0.15, -0.1) is 0 Å². The smallest absolute Gasteiger partial charge is 0.0334 e. The third kappa shape index (κ3) is 3.67. The molecule has 0 fully saturated rings. The second kappa shape index (κ2) is 4.57. The highest BCUT2D eigenvalue weighted by atomic mass is 13.8. The van der Waals surface area contributed by atoms with Crippen LogP contribution in [0.4, 0.5) is 0 Å². The third-order valence-corrected chi connectivity index (χ3v) is 1.04. The molecule has 0 rings (SSSR count). The zero-order valence-electron chi connectivity index (χ0n) is 6.14. The van der Waals surface area contributed by atoms with Gasteiger partial charge in [0.1, 0.15) is 0 Å². The van der Waals surface area contributed by atoms with Gasteiger partial charge in [-0.05, 0) is 11.1 Å². The third-order valence-electron chi connectivity index (χ3n) is 1.04. The van der Waals surface area contributed by atoms with Crippen molar-refractivity contribution in [3.05, 3.63) is 61.8 Å². The summed E-state index contributed by atoms with van der Waals surface area (Å²) >= 11 is 0. The van der Waals surface area contributed by atoms with Gasteiger partial charge in [0.15, 0.2) is 0 Å². The lowest BCUT2D eigenvalue weighted by molar-refractivity contribution is 1.69. The highest BCUT2D eigenvalue weighted by Gasteiger charge is 1.77. The number of rotatable bonds is 4. The average Bonchev–Trinajstić information content (AvgIpc) is 1.99. The van der Waals surface area contributed by atoms with E-state index in [2.05, 4.69) is 26.3 Å². The summed E-state index contributed by atoms with van der Waals surface area (Å²) in [5, 5.41) is 0. The first kappa shape index (κ1) is 8.70. The molecule has 0 aromatic carbocycles. The van der Waals surface area contributed by atoms with Gasteiger partial charge in [-0.3, -0.25) is 0 Å². The van der Waals surface area contributed by atoms with E-state index in [1.807, 2.05) is 12.2 Å². The molecule has 0 radical (unpaired) electrons. The SMILES string of the molecule is C=CC(=C)C=CC(=C)C=C. The van der Waals surface area contributed by atoms with Gasteiger partial charge in [0.05, 0.1) is 0 Å². The molecule has 0 bridgehead atoms. The molecule has 0 spiro atoms. The molecule has 10 heavy (non-hydrogen) atoms. The number of allylic oxidation sites excluding steroid dienone is 6. The predicted octanol–water partition coefficient (Wildman–Crippen LogP) is 3.03. The van der Waals surface area contributed by atoms with E-state index < -0.39 is 0 Å². The fourth-order valence-electron chi connectivity index (χ4n) is 0.350. The Morgan fingerprint density at radius 1 is 0.800 bits per heavy atom. The minimum atomic E-state index is 0.878. The Bertz CT molecular complexity index is 170. The van der Waals surface area contributed by atoms with Crippen LogP contribution in [0, 0.1) is 0 Å². The van der Waals surface area contributed by atoms with Crippen LogP contribution < -0.4 is 0 Å². The molecule has 52 valence electrons. The van der Waals surface area contributed by atoms with Crippen molar-refractivity contribution >= 4 is 0 Å². The maximum Gasteiger partial charge on any atom is -0.0334 e. The van der Waals surface area contributed by atoms with Crippen molar-refractivity contribution in [2.45, 2.75) is 0 Å². The predicted molar refractivity (Wildman–Crippen MR) is 47.8 cm³/mol. The van der Waals surface area contributed by atoms with Crippen LogP contribution in [0.1, 0.15) is 0 Å². The highest BCUT2D eigenvalue weighted by Crippen LogP contribution is 1.98. The van der Waals surface area contributed by atoms with Gasteiger partial charge in [-0.1, -0.05) is 50.6 Å². The largest absolute Gasteiger partial charge is 0.0985 e. The standard InChI is InChI=1S/C10H12/c1-5-9(3)7-8-10(4)6-2/h5-8H,1-4H2. The second-order valence-electron chi connectivity index (χ2n) is 1.89. The molecule has 0 aliphatic carbocycles. The van der Waals surface area contributed by atoms with Crippen molar-refractivity contribution in [2.75, 3.05) is 0 Å². The van der Waals surface area contributed by atoms with E-state index in [1.165, 1.54) is 0 Å². The van der Waals surface area contributed by atoms with E-state index in [-0.39, 0.29) is 0 Å². The second-order valence-corrected chi connectivity index (χ2v) is 1.89. The fourth-order valence-corrected chi connectivity index (χ4v) is 0.350. The molecule has 0 atom stereocenters. The minimum absolute atomic E-state index is 0.878. The summed E-state index contributed by atoms with van der Waals surface area (Å²) in [6.45, 7) is 14.5. The minimum Gasteiger partial charge on any atom is -0.0985 e. The molecule has 0 heteroatoms. The molecule has 0 heterocycles. The Balaban J connectivity index is 3.98. The Labute approximate surface area is 62.6 Å². The molecule has 0 unspecified atom stereocenters. The lowest BCUT2D eigenvalue weighted by Crippen LogP contribution is -1.66. The van der Waals surface area contributed by atoms with Gasteiger partial charge in [0.25, 0.3) is 0 Å². The van der Waals surface area contributed by atoms with E-state index in [1.54, 1.807) is 12.2 Å². The van der Waals surface area contributed by atoms with Crippen LogP contribution in [0.5, 0.6) is 0 Å². The van der Waals surface area contributed by atoms with Crippen LogP contribution in [0.3, 0.4) is 0 Å². The molecular formula is C10H12. The summed E-state index contributed by atoms with van der Waals surface area (Å²) in [5.41, 5.74) is 1.76. The van der Waals surface area contributed by atoms with Crippen LogP contribution in [0.25, 0.3) is 0 Å². The van der Waals surface area contributed by atoms with Crippen LogP contribution in [-0.4, -0.2) is 0 Å². The quantitative estimate of drug-likeness (QED) is 0.516. The van der Waals surface area contributed by atoms with Crippen molar-refractivity contribution in [2.24, 2.45) is 0 Å². The number of hydrogen-bond donors (Lipinski definition) is 0. The van der Waals surface area contributed by atoms with Crippen LogP contribution in [-0.2, 0) is 0 Å². The Hall–Kier alpha value is -1.30. The first-order valence-corrected chi connectivity index (χ1v) is 3.01. The average molecular weight is 132 g/mol. The van der Waals surface area contributed by atoms with E-state index in [4.69, 9.17) is 0 Å². The molecule has 0 aromatic rings. The summed E-state index contributed by atoms with van der Waals surface area (Å²) in [6.07, 6.45) is 7.06. The molecule has 0 saturated heterocycles. The van der Waals surface area contributed by atoms with Crippen LogP contribution >= 0.6 is 0 Å². The molecule has 0 aromatic heterocycles. The molecule has 0 N–H and O–H groups in total. The van der Waals surface area contributed by atoms with Crippen molar-refractivity contribution in [1.29, 1.82) is 0 Å². The molecular weight excluding hydrogens is 120 g/mol. The van der Waals surface area contributed by atoms with Crippen LogP contribution in [0.2, 0.25) is 0 Å². The van der Waals surface area contributed by atoms with Crippen molar-refractivity contribution < 1.29 is 0 Å². The van der Waals surface area contributed by atoms with Crippen molar-refractivity contribution in [3.8, 4) is 0 Å². The van der Waals surface area contributed by atoms with E-state index in [9.17, 15) is 0 Å². The maximum atomic E-state index is 3.70. The van der Waals surface area contributed by atoms with Crippen molar-refractivity contribution in [1.82, 2.24) is 0 Å². The van der Waals surface area contributed by atoms with Crippen molar-refractivity contribution in [3.63, 3.8) is 0 Å². The first-order valence-electron chi connectivity index (χ1n) is 3.01. The molecule has 0 saturated carbocycles. The Morgan fingerprint density at radius 3 is 1.30 bits per heavy atom. The summed E-state index contributed by atoms with van der Waals surface area (Å²) in [7, 11) is 0. The van der Waals surface area contributed by atoms with Gasteiger partial charge in [0.2, 0.25) is 0 Å². The normalized spacial score (nSPS) is 9.20. The summed E-state index contributed by atoms with van der Waals surface area (Å²) in [6, 6.07) is 0. The molecule has 0 aliphatic rings. The highest BCUT2D eigenvalue weighted by molar-refractivity contribution is 5.34. The Kier molecular flexibility index (Phi) is 3.97. The van der Waals surface area contributed by atoms with Gasteiger partial charge < -0.3 is 0 Å². The van der Waals surface area contributed by atoms with E-state index >= 15 is 0 Å². The lowest BCUT2D eigenvalue weighted by Gasteiger charge is -1.87. The first-order chi connectivity index (χ1) is 4.70. The monoisotopic (exact) mass is 132 g/mol. The zero-order chi connectivity index (χ0) is 7.98. The van der Waals surface area contributed by atoms with Gasteiger partial charge >= 0.3 is 0 Å². The van der Waals surface area contributed by atoms with Gasteiger partial charge in [0, 0.05) is 0 Å². The molecule has 0 amide bonds. The number of hydrogen-bond acceptors (Lipinski definition) is 0. The van der Waals surface area contributed by atoms with E-state index in [0.717, 1.165) is 11.1 Å². The fraction of sp³-hybridized carbons (Fsp3) is 0. The van der Waals surface area contributed by atoms with E-state index in [0.29, 0.717) is 0 Å². The van der Waals surface area contributed by atoms with Crippen LogP contribution in [0.15, 0.2) is 61.8 Å². The Morgan fingerprint density at radius 2 is 1.10 bits per heavy atom. The lowest BCUT2D eigenvalue weighted by atomic mass is 10.2. The molecule has 0 nitrogen and oxygen atoms in total. The topological polar surface area (TPSA) is 0 Å². The summed E-state index contributed by atoms with van der Waals surface area (Å²) in [5.74, 6) is 0. The van der Waals surface area contributed by atoms with Gasteiger partial charge in [-0.25, -0.2) is 0 Å². The maximum absolute atomic E-state index is 3.70. The molecule has 0 aliphatic heterocycles. The summed E-state index contributed by atoms with van der Waals surface area (Å²) in [4.78, 5) is 0. The van der Waals surface area contributed by atoms with Gasteiger partial charge in [-0.2, -0.15) is 0 Å². The summed E-state index contributed by atoms with van der Waals surface area (Å²) < 4.78 is 0. The zero-order valence-corrected chi connectivity index (χ0v) is 6.14.